The van der Waals surface area contributed by atoms with Crippen molar-refractivity contribution in [1.82, 2.24) is 15.1 Å². The fraction of sp³-hybridized carbons (Fsp3) is 0.529. The second kappa shape index (κ2) is 7.40. The van der Waals surface area contributed by atoms with Crippen LogP contribution in [0.1, 0.15) is 12.0 Å². The largest absolute Gasteiger partial charge is 0.351 e. The van der Waals surface area contributed by atoms with Crippen LogP contribution in [0.25, 0.3) is 0 Å². The predicted molar refractivity (Wildman–Crippen MR) is 86.4 cm³/mol. The SMILES string of the molecule is CN(C)C[C@@H](Cc1ccccc1)NC(=O)[C@@H]1CC(=O)N(C)C1. The number of amides is 2. The molecule has 1 aromatic rings. The van der Waals surface area contributed by atoms with Gasteiger partial charge in [0.15, 0.2) is 0 Å². The first-order valence-electron chi connectivity index (χ1n) is 7.68. The second-order valence-electron chi connectivity index (χ2n) is 6.33. The van der Waals surface area contributed by atoms with Gasteiger partial charge in [0.25, 0.3) is 0 Å². The Bertz CT molecular complexity index is 516. The molecule has 1 saturated heterocycles. The highest BCUT2D eigenvalue weighted by Gasteiger charge is 2.32. The van der Waals surface area contributed by atoms with Crippen LogP contribution < -0.4 is 5.32 Å². The number of carbonyl (C=O) groups excluding carboxylic acids is 2. The van der Waals surface area contributed by atoms with Gasteiger partial charge >= 0.3 is 0 Å². The molecule has 1 N–H and O–H groups in total. The highest BCUT2D eigenvalue weighted by atomic mass is 16.2. The lowest BCUT2D eigenvalue weighted by atomic mass is 10.0. The molecular formula is C17H25N3O2. The van der Waals surface area contributed by atoms with E-state index in [4.69, 9.17) is 0 Å². The van der Waals surface area contributed by atoms with E-state index >= 15 is 0 Å². The first-order valence-corrected chi connectivity index (χ1v) is 7.68. The van der Waals surface area contributed by atoms with E-state index in [1.807, 2.05) is 32.3 Å². The minimum absolute atomic E-state index is 0.0134. The molecule has 0 saturated carbocycles. The van der Waals surface area contributed by atoms with Gasteiger partial charge in [0.2, 0.25) is 11.8 Å². The molecule has 0 unspecified atom stereocenters. The number of nitrogens with one attached hydrogen (secondary N) is 1. The van der Waals surface area contributed by atoms with Crippen LogP contribution >= 0.6 is 0 Å². The van der Waals surface area contributed by atoms with Gasteiger partial charge in [0, 0.05) is 32.6 Å². The van der Waals surface area contributed by atoms with Crippen molar-refractivity contribution in [3.8, 4) is 0 Å². The molecule has 2 rings (SSSR count). The molecule has 2 amide bonds. The molecule has 1 aromatic carbocycles. The maximum atomic E-state index is 12.4. The van der Waals surface area contributed by atoms with Gasteiger partial charge in [-0.15, -0.1) is 0 Å². The topological polar surface area (TPSA) is 52.7 Å². The van der Waals surface area contributed by atoms with Gasteiger partial charge in [-0.1, -0.05) is 30.3 Å². The van der Waals surface area contributed by atoms with Crippen LogP contribution in [0.4, 0.5) is 0 Å². The third-order valence-electron chi connectivity index (χ3n) is 3.97. The number of hydrogen-bond acceptors (Lipinski definition) is 3. The predicted octanol–water partition coefficient (Wildman–Crippen LogP) is 0.754. The van der Waals surface area contributed by atoms with E-state index < -0.39 is 0 Å². The van der Waals surface area contributed by atoms with Gasteiger partial charge in [-0.2, -0.15) is 0 Å². The Morgan fingerprint density at radius 2 is 2.05 bits per heavy atom. The average molecular weight is 303 g/mol. The van der Waals surface area contributed by atoms with Gasteiger partial charge in [-0.25, -0.2) is 0 Å². The standard InChI is InChI=1S/C17H25N3O2/c1-19(2)12-15(9-13-7-5-4-6-8-13)18-17(22)14-10-16(21)20(3)11-14/h4-8,14-15H,9-12H2,1-3H3,(H,18,22)/t14-,15-/m1/s1. The smallest absolute Gasteiger partial charge is 0.225 e. The minimum atomic E-state index is -0.224. The van der Waals surface area contributed by atoms with Crippen molar-refractivity contribution in [2.45, 2.75) is 18.9 Å². The van der Waals surface area contributed by atoms with Gasteiger partial charge in [-0.3, -0.25) is 9.59 Å². The van der Waals surface area contributed by atoms with Crippen molar-refractivity contribution >= 4 is 11.8 Å². The fourth-order valence-corrected chi connectivity index (χ4v) is 2.86. The lowest BCUT2D eigenvalue weighted by molar-refractivity contribution is -0.128. The number of rotatable bonds is 6. The Morgan fingerprint density at radius 1 is 1.36 bits per heavy atom. The summed E-state index contributed by atoms with van der Waals surface area (Å²) < 4.78 is 0. The number of carbonyl (C=O) groups is 2. The van der Waals surface area contributed by atoms with Crippen LogP contribution in [-0.2, 0) is 16.0 Å². The monoisotopic (exact) mass is 303 g/mol. The van der Waals surface area contributed by atoms with E-state index in [9.17, 15) is 9.59 Å². The average Bonchev–Trinajstić information content (AvgIpc) is 2.79. The Morgan fingerprint density at radius 3 is 2.59 bits per heavy atom. The summed E-state index contributed by atoms with van der Waals surface area (Å²) in [6, 6.07) is 10.2. The van der Waals surface area contributed by atoms with Crippen molar-refractivity contribution in [2.24, 2.45) is 5.92 Å². The number of hydrogen-bond donors (Lipinski definition) is 1. The van der Waals surface area contributed by atoms with Crippen LogP contribution in [0.15, 0.2) is 30.3 Å². The van der Waals surface area contributed by atoms with E-state index in [2.05, 4.69) is 22.3 Å². The molecule has 120 valence electrons. The minimum Gasteiger partial charge on any atom is -0.351 e. The first-order chi connectivity index (χ1) is 10.5. The maximum Gasteiger partial charge on any atom is 0.225 e. The molecule has 0 spiro atoms. The summed E-state index contributed by atoms with van der Waals surface area (Å²) in [5, 5.41) is 3.12. The number of likely N-dealkylation sites (tertiary alicyclic amines) is 1. The van der Waals surface area contributed by atoms with Gasteiger partial charge in [-0.05, 0) is 26.1 Å². The van der Waals surface area contributed by atoms with E-state index in [0.29, 0.717) is 13.0 Å². The summed E-state index contributed by atoms with van der Waals surface area (Å²) in [4.78, 5) is 27.7. The van der Waals surface area contributed by atoms with E-state index in [1.165, 1.54) is 5.56 Å². The summed E-state index contributed by atoms with van der Waals surface area (Å²) >= 11 is 0. The Labute approximate surface area is 132 Å². The normalized spacial score (nSPS) is 19.5. The first kappa shape index (κ1) is 16.5. The summed E-state index contributed by atoms with van der Waals surface area (Å²) in [6.07, 6.45) is 1.11. The number of benzene rings is 1. The van der Waals surface area contributed by atoms with Crippen LogP contribution in [0, 0.1) is 5.92 Å². The molecule has 1 aliphatic heterocycles. The molecule has 0 aromatic heterocycles. The molecule has 0 radical (unpaired) electrons. The zero-order valence-corrected chi connectivity index (χ0v) is 13.6. The third-order valence-corrected chi connectivity index (χ3v) is 3.97. The van der Waals surface area contributed by atoms with Crippen molar-refractivity contribution in [1.29, 1.82) is 0 Å². The molecule has 0 bridgehead atoms. The summed E-state index contributed by atoms with van der Waals surface area (Å²) in [5.74, 6) is -0.189. The Hall–Kier alpha value is -1.88. The molecule has 0 aliphatic carbocycles. The third kappa shape index (κ3) is 4.56. The zero-order chi connectivity index (χ0) is 16.1. The van der Waals surface area contributed by atoms with Crippen molar-refractivity contribution < 1.29 is 9.59 Å². The molecule has 5 nitrogen and oxygen atoms in total. The lowest BCUT2D eigenvalue weighted by Gasteiger charge is -2.24. The summed E-state index contributed by atoms with van der Waals surface area (Å²) in [7, 11) is 5.74. The number of nitrogens with zero attached hydrogens (tertiary/aromatic N) is 2. The number of likely N-dealkylation sites (N-methyl/N-ethyl adjacent to an activating group) is 1. The van der Waals surface area contributed by atoms with Crippen molar-refractivity contribution in [3.05, 3.63) is 35.9 Å². The van der Waals surface area contributed by atoms with Crippen molar-refractivity contribution in [3.63, 3.8) is 0 Å². The maximum absolute atomic E-state index is 12.4. The van der Waals surface area contributed by atoms with Gasteiger partial charge in [0.1, 0.15) is 0 Å². The molecule has 5 heteroatoms. The second-order valence-corrected chi connectivity index (χ2v) is 6.33. The molecule has 1 fully saturated rings. The summed E-state index contributed by atoms with van der Waals surface area (Å²) in [6.45, 7) is 1.29. The van der Waals surface area contributed by atoms with Crippen LogP contribution in [0.3, 0.4) is 0 Å². The molecule has 22 heavy (non-hydrogen) atoms. The lowest BCUT2D eigenvalue weighted by Crippen LogP contribution is -2.45. The molecular weight excluding hydrogens is 278 g/mol. The highest BCUT2D eigenvalue weighted by Crippen LogP contribution is 2.16. The summed E-state index contributed by atoms with van der Waals surface area (Å²) in [5.41, 5.74) is 1.20. The quantitative estimate of drug-likeness (QED) is 0.844. The van der Waals surface area contributed by atoms with E-state index in [1.54, 1.807) is 11.9 Å². The molecule has 1 aliphatic rings. The zero-order valence-electron chi connectivity index (χ0n) is 13.6. The Balaban J connectivity index is 1.97. The molecule has 2 atom stereocenters. The van der Waals surface area contributed by atoms with E-state index in [-0.39, 0.29) is 23.8 Å². The van der Waals surface area contributed by atoms with Crippen LogP contribution in [0.5, 0.6) is 0 Å². The highest BCUT2D eigenvalue weighted by molar-refractivity contribution is 5.89. The van der Waals surface area contributed by atoms with Gasteiger partial charge < -0.3 is 15.1 Å². The van der Waals surface area contributed by atoms with Crippen LogP contribution in [0.2, 0.25) is 0 Å². The van der Waals surface area contributed by atoms with E-state index in [0.717, 1.165) is 13.0 Å². The van der Waals surface area contributed by atoms with Gasteiger partial charge in [0.05, 0.1) is 5.92 Å². The van der Waals surface area contributed by atoms with Crippen LogP contribution in [-0.4, -0.2) is 61.9 Å². The molecule has 1 heterocycles. The Kier molecular flexibility index (Phi) is 5.55. The van der Waals surface area contributed by atoms with Crippen molar-refractivity contribution in [2.75, 3.05) is 34.2 Å². The fourth-order valence-electron chi connectivity index (χ4n) is 2.86.